The molecule has 0 heterocycles. The van der Waals surface area contributed by atoms with Crippen LogP contribution in [0.25, 0.3) is 0 Å². The van der Waals surface area contributed by atoms with Crippen LogP contribution < -0.4 is 11.1 Å². The van der Waals surface area contributed by atoms with Gasteiger partial charge in [-0.1, -0.05) is 0 Å². The van der Waals surface area contributed by atoms with Crippen LogP contribution in [0.3, 0.4) is 0 Å². The summed E-state index contributed by atoms with van der Waals surface area (Å²) in [4.78, 5) is 23.2. The summed E-state index contributed by atoms with van der Waals surface area (Å²) < 4.78 is 0. The van der Waals surface area contributed by atoms with Crippen molar-refractivity contribution in [2.24, 2.45) is 5.73 Å². The van der Waals surface area contributed by atoms with E-state index in [1.54, 1.807) is 21.0 Å². The van der Waals surface area contributed by atoms with Crippen molar-refractivity contribution in [1.82, 2.24) is 10.2 Å². The Morgan fingerprint density at radius 1 is 1.50 bits per heavy atom. The molecule has 0 saturated carbocycles. The summed E-state index contributed by atoms with van der Waals surface area (Å²) in [5.74, 6) is -0.464. The molecule has 0 aromatic rings. The zero-order valence-electron chi connectivity index (χ0n) is 7.63. The highest BCUT2D eigenvalue weighted by Gasteiger charge is 2.09. The maximum atomic E-state index is 10.9. The number of nitrogens with one attached hydrogen (secondary N) is 1. The Morgan fingerprint density at radius 3 is 2.33 bits per heavy atom. The molecule has 70 valence electrons. The third-order valence-corrected chi connectivity index (χ3v) is 1.33. The number of nitrogens with zero attached hydrogens (tertiary/aromatic N) is 1. The van der Waals surface area contributed by atoms with Gasteiger partial charge in [0.2, 0.25) is 11.8 Å². The fourth-order valence-corrected chi connectivity index (χ4v) is 0.482. The maximum absolute atomic E-state index is 10.9. The lowest BCUT2D eigenvalue weighted by molar-refractivity contribution is -0.131. The molecule has 5 nitrogen and oxygen atoms in total. The molecule has 0 fully saturated rings. The van der Waals surface area contributed by atoms with Crippen molar-refractivity contribution in [3.63, 3.8) is 0 Å². The first kappa shape index (κ1) is 10.9. The van der Waals surface area contributed by atoms with Crippen LogP contribution in [-0.4, -0.2) is 43.4 Å². The van der Waals surface area contributed by atoms with Gasteiger partial charge in [-0.15, -0.1) is 0 Å². The number of hydrogen-bond acceptors (Lipinski definition) is 3. The molecule has 0 saturated heterocycles. The van der Waals surface area contributed by atoms with Crippen LogP contribution in [0.2, 0.25) is 0 Å². The number of hydrogen-bond donors (Lipinski definition) is 2. The quantitative estimate of drug-likeness (QED) is 0.547. The van der Waals surface area contributed by atoms with E-state index < -0.39 is 6.04 Å². The normalized spacial score (nSPS) is 12.0. The van der Waals surface area contributed by atoms with Crippen molar-refractivity contribution in [1.29, 1.82) is 0 Å². The first-order valence-corrected chi connectivity index (χ1v) is 3.68. The molecular formula is C7H15N3O2. The van der Waals surface area contributed by atoms with Gasteiger partial charge in [-0.2, -0.15) is 0 Å². The average molecular weight is 173 g/mol. The van der Waals surface area contributed by atoms with Crippen LogP contribution >= 0.6 is 0 Å². The van der Waals surface area contributed by atoms with Gasteiger partial charge in [-0.05, 0) is 6.92 Å². The highest BCUT2D eigenvalue weighted by molar-refractivity contribution is 5.86. The third-order valence-electron chi connectivity index (χ3n) is 1.33. The minimum absolute atomic E-state index is 0.00731. The minimum Gasteiger partial charge on any atom is -0.347 e. The Labute approximate surface area is 71.9 Å². The Bertz CT molecular complexity index is 157. The molecule has 2 amide bonds. The standard InChI is InChI=1S/C7H15N3O2/c1-5(8)7(12)9-4-6(11)10(2)3/h5H,4,8H2,1-3H3,(H,9,12). The van der Waals surface area contributed by atoms with Crippen LogP contribution in [0.1, 0.15) is 6.92 Å². The third kappa shape index (κ3) is 3.92. The first-order valence-electron chi connectivity index (χ1n) is 3.68. The summed E-state index contributed by atoms with van der Waals surface area (Å²) in [5, 5.41) is 2.41. The molecule has 0 rings (SSSR count). The second kappa shape index (κ2) is 4.71. The molecule has 0 aromatic carbocycles. The summed E-state index contributed by atoms with van der Waals surface area (Å²) in [6.07, 6.45) is 0. The molecule has 1 atom stereocenters. The van der Waals surface area contributed by atoms with Crippen LogP contribution in [0, 0.1) is 0 Å². The molecule has 5 heteroatoms. The van der Waals surface area contributed by atoms with Crippen molar-refractivity contribution in [3.05, 3.63) is 0 Å². The van der Waals surface area contributed by atoms with Gasteiger partial charge in [-0.25, -0.2) is 0 Å². The van der Waals surface area contributed by atoms with Crippen molar-refractivity contribution in [3.8, 4) is 0 Å². The smallest absolute Gasteiger partial charge is 0.241 e. The lowest BCUT2D eigenvalue weighted by Gasteiger charge is -2.11. The summed E-state index contributed by atoms with van der Waals surface area (Å²) in [6.45, 7) is 1.57. The molecule has 0 bridgehead atoms. The summed E-state index contributed by atoms with van der Waals surface area (Å²) in [5.41, 5.74) is 5.26. The fourth-order valence-electron chi connectivity index (χ4n) is 0.482. The SMILES string of the molecule is CC(N)C(=O)NCC(=O)N(C)C. The Morgan fingerprint density at radius 2 is 2.00 bits per heavy atom. The number of rotatable bonds is 3. The predicted molar refractivity (Wildman–Crippen MR) is 45.4 cm³/mol. The summed E-state index contributed by atoms with van der Waals surface area (Å²) in [7, 11) is 3.25. The van der Waals surface area contributed by atoms with Gasteiger partial charge in [-0.3, -0.25) is 9.59 Å². The van der Waals surface area contributed by atoms with Gasteiger partial charge in [0, 0.05) is 14.1 Å². The van der Waals surface area contributed by atoms with Crippen LogP contribution in [-0.2, 0) is 9.59 Å². The van der Waals surface area contributed by atoms with Crippen molar-refractivity contribution < 1.29 is 9.59 Å². The zero-order valence-corrected chi connectivity index (χ0v) is 7.63. The maximum Gasteiger partial charge on any atom is 0.241 e. The summed E-state index contributed by atoms with van der Waals surface area (Å²) in [6, 6.07) is -0.569. The van der Waals surface area contributed by atoms with E-state index in [0.29, 0.717) is 0 Å². The fraction of sp³-hybridized carbons (Fsp3) is 0.714. The van der Waals surface area contributed by atoms with Crippen LogP contribution in [0.5, 0.6) is 0 Å². The van der Waals surface area contributed by atoms with Gasteiger partial charge in [0.05, 0.1) is 12.6 Å². The first-order chi connectivity index (χ1) is 5.45. The average Bonchev–Trinajstić information content (AvgIpc) is 1.98. The van der Waals surface area contributed by atoms with Crippen LogP contribution in [0.4, 0.5) is 0 Å². The molecule has 0 aliphatic rings. The highest BCUT2D eigenvalue weighted by Crippen LogP contribution is 1.78. The molecule has 0 radical (unpaired) electrons. The number of carbonyl (C=O) groups excluding carboxylic acids is 2. The topological polar surface area (TPSA) is 75.4 Å². The molecular weight excluding hydrogens is 158 g/mol. The van der Waals surface area contributed by atoms with E-state index in [4.69, 9.17) is 5.73 Å². The molecule has 0 aliphatic carbocycles. The largest absolute Gasteiger partial charge is 0.347 e. The van der Waals surface area contributed by atoms with E-state index in [0.717, 1.165) is 0 Å². The van der Waals surface area contributed by atoms with E-state index in [1.807, 2.05) is 0 Å². The van der Waals surface area contributed by atoms with Crippen molar-refractivity contribution in [2.75, 3.05) is 20.6 Å². The van der Waals surface area contributed by atoms with Gasteiger partial charge in [0.1, 0.15) is 0 Å². The van der Waals surface area contributed by atoms with E-state index in [2.05, 4.69) is 5.32 Å². The van der Waals surface area contributed by atoms with Crippen molar-refractivity contribution in [2.45, 2.75) is 13.0 Å². The molecule has 1 unspecified atom stereocenters. The Kier molecular flexibility index (Phi) is 4.28. The van der Waals surface area contributed by atoms with Crippen molar-refractivity contribution >= 4 is 11.8 Å². The lowest BCUT2D eigenvalue weighted by Crippen LogP contribution is -2.43. The van der Waals surface area contributed by atoms with Crippen LogP contribution in [0.15, 0.2) is 0 Å². The molecule has 0 aliphatic heterocycles. The molecule has 0 spiro atoms. The number of amides is 2. The van der Waals surface area contributed by atoms with E-state index in [9.17, 15) is 9.59 Å². The summed E-state index contributed by atoms with van der Waals surface area (Å²) >= 11 is 0. The van der Waals surface area contributed by atoms with E-state index >= 15 is 0 Å². The van der Waals surface area contributed by atoms with Gasteiger partial charge in [0.25, 0.3) is 0 Å². The van der Waals surface area contributed by atoms with E-state index in [1.165, 1.54) is 4.90 Å². The highest BCUT2D eigenvalue weighted by atomic mass is 16.2. The second-order valence-corrected chi connectivity index (χ2v) is 2.79. The van der Waals surface area contributed by atoms with Gasteiger partial charge >= 0.3 is 0 Å². The molecule has 0 aromatic heterocycles. The number of carbonyl (C=O) groups is 2. The second-order valence-electron chi connectivity index (χ2n) is 2.79. The minimum atomic E-state index is -0.569. The lowest BCUT2D eigenvalue weighted by atomic mass is 10.3. The Balaban J connectivity index is 3.69. The number of likely N-dealkylation sites (N-methyl/N-ethyl adjacent to an activating group) is 1. The van der Waals surface area contributed by atoms with E-state index in [-0.39, 0.29) is 18.4 Å². The molecule has 12 heavy (non-hydrogen) atoms. The van der Waals surface area contributed by atoms with Gasteiger partial charge < -0.3 is 16.0 Å². The Hall–Kier alpha value is -1.10. The predicted octanol–water partition coefficient (Wildman–Crippen LogP) is -1.46. The number of nitrogens with two attached hydrogens (primary N) is 1. The monoisotopic (exact) mass is 173 g/mol. The zero-order chi connectivity index (χ0) is 9.72. The molecule has 3 N–H and O–H groups in total. The van der Waals surface area contributed by atoms with Gasteiger partial charge in [0.15, 0.2) is 0 Å².